The number of likely N-dealkylation sites (tertiary alicyclic amines) is 2. The lowest BCUT2D eigenvalue weighted by molar-refractivity contribution is 0.0721. The first kappa shape index (κ1) is 25.0. The Hall–Kier alpha value is -3.34. The largest absolute Gasteiger partial charge is 0.347 e. The van der Waals surface area contributed by atoms with Gasteiger partial charge in [-0.1, -0.05) is 12.1 Å². The van der Waals surface area contributed by atoms with Crippen LogP contribution in [0, 0.1) is 5.41 Å². The molecule has 1 spiro atoms. The van der Waals surface area contributed by atoms with E-state index in [1.165, 1.54) is 36.4 Å². The van der Waals surface area contributed by atoms with Crippen LogP contribution in [0.25, 0.3) is 0 Å². The molecule has 0 unspecified atom stereocenters. The van der Waals surface area contributed by atoms with Crippen molar-refractivity contribution >= 4 is 17.2 Å². The third kappa shape index (κ3) is 5.87. The molecule has 2 fully saturated rings. The van der Waals surface area contributed by atoms with Gasteiger partial charge < -0.3 is 14.9 Å². The molecular weight excluding hydrogens is 496 g/mol. The summed E-state index contributed by atoms with van der Waals surface area (Å²) < 4.78 is 0. The Morgan fingerprint density at radius 1 is 0.868 bits per heavy atom. The summed E-state index contributed by atoms with van der Waals surface area (Å²) in [6.45, 7) is 7.35. The molecule has 1 aromatic carbocycles. The summed E-state index contributed by atoms with van der Waals surface area (Å²) in [5.41, 5.74) is 2.38. The molecule has 0 aliphatic carbocycles. The predicted molar refractivity (Wildman–Crippen MR) is 146 cm³/mol. The second-order valence-corrected chi connectivity index (χ2v) is 11.6. The Morgan fingerprint density at radius 2 is 1.53 bits per heavy atom. The number of nitrogens with zero attached hydrogens (tertiary/aromatic N) is 6. The fraction of sp³-hybridized carbons (Fsp3) is 0.429. The van der Waals surface area contributed by atoms with E-state index in [1.54, 1.807) is 41.0 Å². The zero-order chi connectivity index (χ0) is 25.8. The van der Waals surface area contributed by atoms with Gasteiger partial charge >= 0.3 is 0 Å². The molecule has 0 atom stereocenters. The molecule has 1 amide bonds. The molecule has 2 aliphatic rings. The molecule has 2 saturated heterocycles. The number of H-pyrrole nitrogens is 2. The third-order valence-corrected chi connectivity index (χ3v) is 8.73. The molecule has 5 heterocycles. The van der Waals surface area contributed by atoms with Crippen LogP contribution < -0.4 is 0 Å². The fourth-order valence-electron chi connectivity index (χ4n) is 5.80. The van der Waals surface area contributed by atoms with E-state index >= 15 is 0 Å². The maximum atomic E-state index is 13.4. The SMILES string of the molecule is O=C(c1ccc(CN2CCC3(CCN(Cc4nccs4)CC3)C2)cc1)N(Cc1ncc[nH]1)Cc1ncc[nH]1. The molecule has 38 heavy (non-hydrogen) atoms. The molecule has 0 radical (unpaired) electrons. The predicted octanol–water partition coefficient (Wildman–Crippen LogP) is 3.92. The van der Waals surface area contributed by atoms with Crippen LogP contribution in [0.15, 0.2) is 60.6 Å². The highest BCUT2D eigenvalue weighted by molar-refractivity contribution is 7.09. The van der Waals surface area contributed by atoms with Gasteiger partial charge in [0.15, 0.2) is 0 Å². The van der Waals surface area contributed by atoms with Gasteiger partial charge in [0.05, 0.1) is 19.6 Å². The number of rotatable bonds is 9. The quantitative estimate of drug-likeness (QED) is 0.341. The Morgan fingerprint density at radius 3 is 2.11 bits per heavy atom. The minimum Gasteiger partial charge on any atom is -0.347 e. The van der Waals surface area contributed by atoms with E-state index in [2.05, 4.69) is 52.2 Å². The first-order valence-corrected chi connectivity index (χ1v) is 14.2. The molecule has 2 aliphatic heterocycles. The molecular formula is C28H34N8OS. The minimum atomic E-state index is -0.0333. The normalized spacial score (nSPS) is 17.8. The highest BCUT2D eigenvalue weighted by Crippen LogP contribution is 2.41. The Labute approximate surface area is 226 Å². The number of aromatic nitrogens is 5. The number of hydrogen-bond donors (Lipinski definition) is 2. The van der Waals surface area contributed by atoms with Crippen LogP contribution in [0.4, 0.5) is 0 Å². The summed E-state index contributed by atoms with van der Waals surface area (Å²) in [7, 11) is 0. The van der Waals surface area contributed by atoms with Crippen LogP contribution >= 0.6 is 11.3 Å². The number of benzene rings is 1. The van der Waals surface area contributed by atoms with Crippen LogP contribution in [-0.2, 0) is 26.2 Å². The molecule has 10 heteroatoms. The van der Waals surface area contributed by atoms with Gasteiger partial charge in [-0.2, -0.15) is 0 Å². The highest BCUT2D eigenvalue weighted by Gasteiger charge is 2.40. The fourth-order valence-corrected chi connectivity index (χ4v) is 6.46. The number of nitrogens with one attached hydrogen (secondary N) is 2. The number of aromatic amines is 2. The molecule has 9 nitrogen and oxygen atoms in total. The monoisotopic (exact) mass is 530 g/mol. The highest BCUT2D eigenvalue weighted by atomic mass is 32.1. The van der Waals surface area contributed by atoms with Gasteiger partial charge in [0, 0.05) is 55.0 Å². The molecule has 6 rings (SSSR count). The molecule has 4 aromatic rings. The second kappa shape index (κ2) is 11.2. The number of carbonyl (C=O) groups is 1. The Kier molecular flexibility index (Phi) is 7.35. The van der Waals surface area contributed by atoms with Crippen molar-refractivity contribution in [3.63, 3.8) is 0 Å². The maximum Gasteiger partial charge on any atom is 0.254 e. The smallest absolute Gasteiger partial charge is 0.254 e. The van der Waals surface area contributed by atoms with Crippen molar-refractivity contribution in [3.8, 4) is 0 Å². The lowest BCUT2D eigenvalue weighted by atomic mass is 9.78. The molecule has 0 saturated carbocycles. The van der Waals surface area contributed by atoms with E-state index in [4.69, 9.17) is 0 Å². The summed E-state index contributed by atoms with van der Waals surface area (Å²) >= 11 is 1.75. The molecule has 0 bridgehead atoms. The van der Waals surface area contributed by atoms with Gasteiger partial charge in [-0.25, -0.2) is 15.0 Å². The van der Waals surface area contributed by atoms with Gasteiger partial charge in [-0.05, 0) is 62.0 Å². The third-order valence-electron chi connectivity index (χ3n) is 7.96. The Bertz CT molecular complexity index is 1240. The average molecular weight is 531 g/mol. The first-order valence-electron chi connectivity index (χ1n) is 13.3. The van der Waals surface area contributed by atoms with E-state index in [9.17, 15) is 4.79 Å². The number of thiazole rings is 1. The summed E-state index contributed by atoms with van der Waals surface area (Å²) in [5, 5.41) is 3.29. The summed E-state index contributed by atoms with van der Waals surface area (Å²) in [6.07, 6.45) is 12.7. The van der Waals surface area contributed by atoms with Crippen LogP contribution in [0.2, 0.25) is 0 Å². The van der Waals surface area contributed by atoms with Crippen LogP contribution in [0.1, 0.15) is 51.8 Å². The number of carbonyl (C=O) groups excluding carboxylic acids is 1. The zero-order valence-corrected chi connectivity index (χ0v) is 22.4. The lowest BCUT2D eigenvalue weighted by Gasteiger charge is -2.39. The zero-order valence-electron chi connectivity index (χ0n) is 21.6. The van der Waals surface area contributed by atoms with E-state index in [0.29, 0.717) is 24.1 Å². The van der Waals surface area contributed by atoms with Crippen LogP contribution in [0.3, 0.4) is 0 Å². The number of piperidine rings is 1. The molecule has 3 aromatic heterocycles. The van der Waals surface area contributed by atoms with E-state index in [1.807, 2.05) is 18.3 Å². The standard InChI is InChI=1S/C28H34N8OS/c37-27(36(18-24-29-8-9-30-24)19-25-31-10-11-32-25)23-3-1-22(2-4-23)17-35-15-7-28(21-35)5-13-34(14-6-28)20-26-33-12-16-38-26/h1-4,8-12,16H,5-7,13-15,17-21H2,(H,29,30)(H,31,32). The van der Waals surface area contributed by atoms with Crippen LogP contribution in [0.5, 0.6) is 0 Å². The Balaban J connectivity index is 1.04. The van der Waals surface area contributed by atoms with Crippen molar-refractivity contribution in [3.05, 3.63) is 88.4 Å². The number of imidazole rings is 2. The second-order valence-electron chi connectivity index (χ2n) is 10.6. The van der Waals surface area contributed by atoms with Crippen molar-refractivity contribution in [2.24, 2.45) is 5.41 Å². The summed E-state index contributed by atoms with van der Waals surface area (Å²) in [4.78, 5) is 39.6. The minimum absolute atomic E-state index is 0.0333. The van der Waals surface area contributed by atoms with E-state index < -0.39 is 0 Å². The number of hydrogen-bond acceptors (Lipinski definition) is 7. The van der Waals surface area contributed by atoms with Gasteiger partial charge in [0.1, 0.15) is 16.7 Å². The van der Waals surface area contributed by atoms with Crippen molar-refractivity contribution in [1.82, 2.24) is 39.6 Å². The molecule has 198 valence electrons. The van der Waals surface area contributed by atoms with Gasteiger partial charge in [-0.3, -0.25) is 14.6 Å². The maximum absolute atomic E-state index is 13.4. The average Bonchev–Trinajstić information content (AvgIpc) is 3.76. The van der Waals surface area contributed by atoms with Gasteiger partial charge in [-0.15, -0.1) is 11.3 Å². The summed E-state index contributed by atoms with van der Waals surface area (Å²) in [5.74, 6) is 1.46. The summed E-state index contributed by atoms with van der Waals surface area (Å²) in [6, 6.07) is 8.12. The van der Waals surface area contributed by atoms with Gasteiger partial charge in [0.25, 0.3) is 5.91 Å². The van der Waals surface area contributed by atoms with E-state index in [0.717, 1.165) is 44.4 Å². The van der Waals surface area contributed by atoms with Crippen molar-refractivity contribution in [1.29, 1.82) is 0 Å². The lowest BCUT2D eigenvalue weighted by Crippen LogP contribution is -2.41. The van der Waals surface area contributed by atoms with Crippen LogP contribution in [-0.4, -0.2) is 71.7 Å². The molecule has 2 N–H and O–H groups in total. The van der Waals surface area contributed by atoms with E-state index in [-0.39, 0.29) is 5.91 Å². The van der Waals surface area contributed by atoms with Crippen molar-refractivity contribution < 1.29 is 4.79 Å². The number of amides is 1. The van der Waals surface area contributed by atoms with Crippen molar-refractivity contribution in [2.75, 3.05) is 26.2 Å². The van der Waals surface area contributed by atoms with Gasteiger partial charge in [0.2, 0.25) is 0 Å². The first-order chi connectivity index (χ1) is 18.6. The van der Waals surface area contributed by atoms with Crippen molar-refractivity contribution in [2.45, 2.75) is 45.4 Å². The topological polar surface area (TPSA) is 97.0 Å².